The van der Waals surface area contributed by atoms with Gasteiger partial charge in [-0.1, -0.05) is 24.3 Å². The molecular formula is C11H15N. The molecule has 0 radical (unpaired) electrons. The van der Waals surface area contributed by atoms with Gasteiger partial charge in [-0.05, 0) is 31.5 Å². The van der Waals surface area contributed by atoms with Crippen molar-refractivity contribution in [3.05, 3.63) is 35.4 Å². The van der Waals surface area contributed by atoms with Gasteiger partial charge in [-0.15, -0.1) is 0 Å². The quantitative estimate of drug-likeness (QED) is 0.564. The van der Waals surface area contributed by atoms with Crippen molar-refractivity contribution in [2.24, 2.45) is 0 Å². The molecule has 0 aliphatic carbocycles. The zero-order valence-electron chi connectivity index (χ0n) is 7.75. The number of hydrogen-bond donors (Lipinski definition) is 0. The molecule has 1 heteroatoms. The van der Waals surface area contributed by atoms with Gasteiger partial charge in [0.25, 0.3) is 0 Å². The highest BCUT2D eigenvalue weighted by Gasteiger charge is 2.19. The largest absolute Gasteiger partial charge is 0.299 e. The maximum atomic E-state index is 2.41. The van der Waals surface area contributed by atoms with Gasteiger partial charge >= 0.3 is 0 Å². The minimum atomic E-state index is 0.593. The van der Waals surface area contributed by atoms with Crippen LogP contribution in [-0.4, -0.2) is 18.5 Å². The van der Waals surface area contributed by atoms with Gasteiger partial charge in [-0.25, -0.2) is 0 Å². The number of rotatable bonds is 0. The van der Waals surface area contributed by atoms with Crippen LogP contribution in [0.1, 0.15) is 24.1 Å². The van der Waals surface area contributed by atoms with Crippen LogP contribution >= 0.6 is 0 Å². The van der Waals surface area contributed by atoms with Crippen molar-refractivity contribution in [2.45, 2.75) is 19.4 Å². The van der Waals surface area contributed by atoms with E-state index in [4.69, 9.17) is 0 Å². The summed E-state index contributed by atoms with van der Waals surface area (Å²) in [6.07, 6.45) is 1.21. The van der Waals surface area contributed by atoms with Gasteiger partial charge in [0.05, 0.1) is 0 Å². The predicted octanol–water partition coefficient (Wildman–Crippen LogP) is 2.24. The Balaban J connectivity index is 2.42. The molecule has 0 bridgehead atoms. The highest BCUT2D eigenvalue weighted by Crippen LogP contribution is 2.27. The molecule has 1 aromatic rings. The van der Waals surface area contributed by atoms with Crippen LogP contribution in [0, 0.1) is 0 Å². The molecule has 0 saturated carbocycles. The van der Waals surface area contributed by atoms with Crippen LogP contribution in [-0.2, 0) is 6.42 Å². The van der Waals surface area contributed by atoms with E-state index in [1.165, 1.54) is 24.1 Å². The summed E-state index contributed by atoms with van der Waals surface area (Å²) in [5.74, 6) is 0. The van der Waals surface area contributed by atoms with E-state index < -0.39 is 0 Å². The Morgan fingerprint density at radius 2 is 2.08 bits per heavy atom. The first kappa shape index (κ1) is 7.81. The summed E-state index contributed by atoms with van der Waals surface area (Å²) in [7, 11) is 2.20. The van der Waals surface area contributed by atoms with Gasteiger partial charge in [0.2, 0.25) is 0 Å². The molecule has 1 atom stereocenters. The second kappa shape index (κ2) is 2.91. The zero-order chi connectivity index (χ0) is 8.55. The highest BCUT2D eigenvalue weighted by atomic mass is 15.1. The molecule has 1 aromatic carbocycles. The molecule has 2 rings (SSSR count). The molecule has 1 aliphatic heterocycles. The number of benzene rings is 1. The summed E-state index contributed by atoms with van der Waals surface area (Å²) in [4.78, 5) is 2.41. The van der Waals surface area contributed by atoms with Crippen molar-refractivity contribution >= 4 is 0 Å². The van der Waals surface area contributed by atoms with Crippen molar-refractivity contribution < 1.29 is 0 Å². The highest BCUT2D eigenvalue weighted by molar-refractivity contribution is 5.31. The summed E-state index contributed by atoms with van der Waals surface area (Å²) in [5.41, 5.74) is 3.04. The maximum Gasteiger partial charge on any atom is 0.0319 e. The van der Waals surface area contributed by atoms with Gasteiger partial charge in [-0.3, -0.25) is 4.90 Å². The van der Waals surface area contributed by atoms with Crippen molar-refractivity contribution in [3.63, 3.8) is 0 Å². The fourth-order valence-electron chi connectivity index (χ4n) is 1.90. The van der Waals surface area contributed by atoms with Crippen LogP contribution < -0.4 is 0 Å². The molecule has 0 aromatic heterocycles. The van der Waals surface area contributed by atoms with E-state index in [0.717, 1.165) is 0 Å². The summed E-state index contributed by atoms with van der Waals surface area (Å²) < 4.78 is 0. The minimum Gasteiger partial charge on any atom is -0.299 e. The fourth-order valence-corrected chi connectivity index (χ4v) is 1.90. The van der Waals surface area contributed by atoms with Gasteiger partial charge < -0.3 is 0 Å². The van der Waals surface area contributed by atoms with Crippen LogP contribution in [0.5, 0.6) is 0 Å². The van der Waals surface area contributed by atoms with Crippen LogP contribution in [0.2, 0.25) is 0 Å². The van der Waals surface area contributed by atoms with E-state index in [9.17, 15) is 0 Å². The van der Waals surface area contributed by atoms with Crippen LogP contribution in [0.3, 0.4) is 0 Å². The number of nitrogens with zero attached hydrogens (tertiary/aromatic N) is 1. The molecule has 1 nitrogen and oxygen atoms in total. The standard InChI is InChI=1S/C11H15N/c1-9-11-6-4-3-5-10(11)7-8-12(9)2/h3-6,9H,7-8H2,1-2H3/t9-/m0/s1. The van der Waals surface area contributed by atoms with Crippen molar-refractivity contribution in [3.8, 4) is 0 Å². The third-order valence-corrected chi connectivity index (χ3v) is 2.90. The topological polar surface area (TPSA) is 3.24 Å². The van der Waals surface area contributed by atoms with Crippen LogP contribution in [0.4, 0.5) is 0 Å². The Kier molecular flexibility index (Phi) is 1.89. The van der Waals surface area contributed by atoms with Crippen molar-refractivity contribution in [1.82, 2.24) is 4.90 Å². The second-order valence-corrected chi connectivity index (χ2v) is 3.61. The smallest absolute Gasteiger partial charge is 0.0319 e. The molecule has 64 valence electrons. The molecule has 0 N–H and O–H groups in total. The first-order valence-electron chi connectivity index (χ1n) is 4.57. The number of fused-ring (bicyclic) bond motifs is 1. The van der Waals surface area contributed by atoms with E-state index in [-0.39, 0.29) is 0 Å². The van der Waals surface area contributed by atoms with Gasteiger partial charge in [0.1, 0.15) is 0 Å². The Labute approximate surface area is 74.0 Å². The van der Waals surface area contributed by atoms with E-state index >= 15 is 0 Å². The summed E-state index contributed by atoms with van der Waals surface area (Å²) >= 11 is 0. The third kappa shape index (κ3) is 1.14. The SMILES string of the molecule is C[C@H]1c2ccccc2CCN1C. The fraction of sp³-hybridized carbons (Fsp3) is 0.455. The third-order valence-electron chi connectivity index (χ3n) is 2.90. The Bertz CT molecular complexity index is 280. The summed E-state index contributed by atoms with van der Waals surface area (Å²) in [6, 6.07) is 9.36. The van der Waals surface area contributed by atoms with Crippen molar-refractivity contribution in [2.75, 3.05) is 13.6 Å². The van der Waals surface area contributed by atoms with E-state index in [0.29, 0.717) is 6.04 Å². The molecular weight excluding hydrogens is 146 g/mol. The summed E-state index contributed by atoms with van der Waals surface area (Å²) in [6.45, 7) is 3.47. The average Bonchev–Trinajstić information content (AvgIpc) is 2.12. The van der Waals surface area contributed by atoms with Crippen molar-refractivity contribution in [1.29, 1.82) is 0 Å². The number of likely N-dealkylation sites (N-methyl/N-ethyl adjacent to an activating group) is 1. The lowest BCUT2D eigenvalue weighted by atomic mass is 9.94. The molecule has 0 fully saturated rings. The van der Waals surface area contributed by atoms with E-state index in [1.807, 2.05) is 0 Å². The van der Waals surface area contributed by atoms with E-state index in [1.54, 1.807) is 0 Å². The minimum absolute atomic E-state index is 0.593. The molecule has 0 saturated heterocycles. The first-order valence-corrected chi connectivity index (χ1v) is 4.57. The molecule has 1 aliphatic rings. The Morgan fingerprint density at radius 3 is 2.92 bits per heavy atom. The van der Waals surface area contributed by atoms with Crippen LogP contribution in [0.25, 0.3) is 0 Å². The average molecular weight is 161 g/mol. The molecule has 0 spiro atoms. The molecule has 0 unspecified atom stereocenters. The maximum absolute atomic E-state index is 2.41. The molecule has 0 amide bonds. The van der Waals surface area contributed by atoms with Gasteiger partial charge in [0.15, 0.2) is 0 Å². The van der Waals surface area contributed by atoms with Gasteiger partial charge in [0, 0.05) is 12.6 Å². The monoisotopic (exact) mass is 161 g/mol. The second-order valence-electron chi connectivity index (χ2n) is 3.61. The molecule has 12 heavy (non-hydrogen) atoms. The normalized spacial score (nSPS) is 23.7. The Morgan fingerprint density at radius 1 is 1.33 bits per heavy atom. The summed E-state index contributed by atoms with van der Waals surface area (Å²) in [5, 5.41) is 0. The van der Waals surface area contributed by atoms with E-state index in [2.05, 4.69) is 43.1 Å². The van der Waals surface area contributed by atoms with Crippen LogP contribution in [0.15, 0.2) is 24.3 Å². The Hall–Kier alpha value is -0.820. The number of hydrogen-bond acceptors (Lipinski definition) is 1. The zero-order valence-corrected chi connectivity index (χ0v) is 7.75. The lowest BCUT2D eigenvalue weighted by Gasteiger charge is -2.31. The van der Waals surface area contributed by atoms with Gasteiger partial charge in [-0.2, -0.15) is 0 Å². The lowest BCUT2D eigenvalue weighted by molar-refractivity contribution is 0.247. The predicted molar refractivity (Wildman–Crippen MR) is 51.2 cm³/mol. The molecule has 1 heterocycles. The lowest BCUT2D eigenvalue weighted by Crippen LogP contribution is -2.30. The first-order chi connectivity index (χ1) is 5.79.